The molecule has 264 valence electrons. The van der Waals surface area contributed by atoms with E-state index in [1.165, 1.54) is 12.1 Å². The fourth-order valence-corrected chi connectivity index (χ4v) is 3.09. The van der Waals surface area contributed by atoms with Gasteiger partial charge in [0.05, 0.1) is 71.0 Å². The number of azide groups is 2. The second-order valence-corrected chi connectivity index (χ2v) is 10.8. The van der Waals surface area contributed by atoms with Crippen LogP contribution >= 0.6 is 13.5 Å². The van der Waals surface area contributed by atoms with Crippen LogP contribution in [0.1, 0.15) is 18.4 Å². The highest BCUT2D eigenvalue weighted by Gasteiger charge is 2.14. The summed E-state index contributed by atoms with van der Waals surface area (Å²) in [7, 11) is -2.75. The van der Waals surface area contributed by atoms with Crippen molar-refractivity contribution in [2.75, 3.05) is 79.2 Å². The molecule has 1 aromatic rings. The van der Waals surface area contributed by atoms with E-state index in [0.29, 0.717) is 59.3 Å². The predicted molar refractivity (Wildman–Crippen MR) is 200 cm³/mol. The lowest BCUT2D eigenvalue weighted by Gasteiger charge is -2.06. The van der Waals surface area contributed by atoms with Crippen molar-refractivity contribution in [1.82, 2.24) is 0 Å². The normalized spacial score (nSPS) is 9.09. The zero-order valence-corrected chi connectivity index (χ0v) is 31.6. The number of ether oxygens (including phenoxy) is 4. The van der Waals surface area contributed by atoms with Crippen LogP contribution in [0.5, 0.6) is 0 Å². The van der Waals surface area contributed by atoms with Crippen LogP contribution in [-0.2, 0) is 86.9 Å². The summed E-state index contributed by atoms with van der Waals surface area (Å²) in [6, 6.07) is 6.53. The van der Waals surface area contributed by atoms with E-state index in [4.69, 9.17) is 39.3 Å². The van der Waals surface area contributed by atoms with Gasteiger partial charge in [-0.15, -0.1) is 13.2 Å². The summed E-state index contributed by atoms with van der Waals surface area (Å²) in [6.07, 6.45) is 5.15. The van der Waals surface area contributed by atoms with Crippen LogP contribution in [0.4, 0.5) is 0 Å². The molecule has 0 amide bonds. The summed E-state index contributed by atoms with van der Waals surface area (Å²) >= 11 is 15.6. The van der Waals surface area contributed by atoms with Gasteiger partial charge in [-0.2, -0.15) is 21.9 Å². The molecule has 0 aliphatic carbocycles. The lowest BCUT2D eigenvalue weighted by molar-refractivity contribution is 0.0526. The Balaban J connectivity index is -0.000000177. The third kappa shape index (κ3) is 46.9. The highest BCUT2D eigenvalue weighted by Crippen LogP contribution is 2.12. The van der Waals surface area contributed by atoms with Gasteiger partial charge >= 0.3 is 0 Å². The molecule has 1 rings (SSSR count). The minimum Gasteiger partial charge on any atom is -0.394 e. The van der Waals surface area contributed by atoms with Crippen molar-refractivity contribution in [3.8, 4) is 0 Å². The second kappa shape index (κ2) is 47.9. The molecule has 0 bridgehead atoms. The Morgan fingerprint density at radius 3 is 1.59 bits per heavy atom. The van der Waals surface area contributed by atoms with Crippen LogP contribution in [0.2, 0.25) is 0 Å². The van der Waals surface area contributed by atoms with Gasteiger partial charge in [0.1, 0.15) is 0 Å². The van der Waals surface area contributed by atoms with Crippen molar-refractivity contribution in [3.63, 3.8) is 0 Å². The molecule has 0 fully saturated rings. The summed E-state index contributed by atoms with van der Waals surface area (Å²) in [5.41, 5.74) is 16.7. The lowest BCUT2D eigenvalue weighted by atomic mass is 10.2. The number of hydrogen-bond donors (Lipinski definition) is 1. The average molecular weight is 781 g/mol. The molecule has 0 aliphatic rings. The first-order valence-corrected chi connectivity index (χ1v) is 18.4. The van der Waals surface area contributed by atoms with E-state index in [0.717, 1.165) is 27.3 Å². The summed E-state index contributed by atoms with van der Waals surface area (Å²) in [4.78, 5) is 5.28. The highest BCUT2D eigenvalue weighted by atomic mass is 33.1. The van der Waals surface area contributed by atoms with Crippen LogP contribution < -0.4 is 0 Å². The van der Waals surface area contributed by atoms with E-state index < -0.39 is 10.1 Å². The molecule has 0 atom stereocenters. The van der Waals surface area contributed by atoms with Gasteiger partial charge < -0.3 is 24.1 Å². The van der Waals surface area contributed by atoms with Gasteiger partial charge in [-0.3, -0.25) is 4.18 Å². The quantitative estimate of drug-likeness (QED) is 0.0429. The van der Waals surface area contributed by atoms with Crippen molar-refractivity contribution in [3.05, 3.63) is 76.0 Å². The number of aryl methyl sites for hydroxylation is 1. The Morgan fingerprint density at radius 1 is 0.804 bits per heavy atom. The Labute approximate surface area is 302 Å². The maximum atomic E-state index is 11.7. The minimum absolute atomic E-state index is 0. The van der Waals surface area contributed by atoms with E-state index in [-0.39, 0.29) is 38.2 Å². The molecular formula is C25H44N6O8S7. The Kier molecular flexibility index (Phi) is 56.2. The number of benzene rings is 1. The van der Waals surface area contributed by atoms with E-state index >= 15 is 0 Å². The molecule has 0 aliphatic heterocycles. The van der Waals surface area contributed by atoms with Gasteiger partial charge in [-0.05, 0) is 43.0 Å². The molecule has 1 N–H and O–H groups in total. The number of aliphatic hydroxyl groups excluding tert-OH is 1. The fourth-order valence-electron chi connectivity index (χ4n) is 2.20. The number of aliphatic hydroxyl groups is 1. The zero-order valence-electron chi connectivity index (χ0n) is 25.7. The smallest absolute Gasteiger partial charge is 0.297 e. The third-order valence-electron chi connectivity index (χ3n) is 4.11. The highest BCUT2D eigenvalue weighted by molar-refractivity contribution is 8.37. The summed E-state index contributed by atoms with van der Waals surface area (Å²) in [5, 5.41) is 14.7. The van der Waals surface area contributed by atoms with Crippen LogP contribution in [0.3, 0.4) is 0 Å². The second-order valence-electron chi connectivity index (χ2n) is 7.39. The van der Waals surface area contributed by atoms with Crippen molar-refractivity contribution in [2.45, 2.75) is 24.7 Å². The SMILES string of the molecule is C=CCCOCCOCCN=[N+]=[N-].C=CCCOCCOS(=O)(=O)c1ccc(C)cc1.S.S=S.S=S=S.[N-]=[N+]=NCCOCCO. The first-order valence-electron chi connectivity index (χ1n) is 13.0. The molecule has 46 heavy (non-hydrogen) atoms. The van der Waals surface area contributed by atoms with Crippen molar-refractivity contribution in [1.29, 1.82) is 0 Å². The summed E-state index contributed by atoms with van der Waals surface area (Å²) < 4.78 is 48.5. The van der Waals surface area contributed by atoms with Gasteiger partial charge in [0.25, 0.3) is 10.1 Å². The molecule has 0 saturated heterocycles. The van der Waals surface area contributed by atoms with E-state index in [2.05, 4.69) is 78.0 Å². The van der Waals surface area contributed by atoms with Gasteiger partial charge in [0, 0.05) is 76.5 Å². The Morgan fingerprint density at radius 2 is 1.20 bits per heavy atom. The Hall–Kier alpha value is -1.52. The lowest BCUT2D eigenvalue weighted by Crippen LogP contribution is -2.11. The summed E-state index contributed by atoms with van der Waals surface area (Å²) in [6.45, 7) is 13.5. The van der Waals surface area contributed by atoms with Crippen LogP contribution in [0.25, 0.3) is 20.9 Å². The van der Waals surface area contributed by atoms with Crippen molar-refractivity contribution >= 4 is 77.2 Å². The number of rotatable bonds is 22. The predicted octanol–water partition coefficient (Wildman–Crippen LogP) is 4.61. The Bertz CT molecular complexity index is 1070. The topological polar surface area (TPSA) is 198 Å². The first kappa shape index (κ1) is 53.9. The number of hydrogen-bond acceptors (Lipinski definition) is 14. The number of nitrogens with zero attached hydrogens (tertiary/aromatic N) is 6. The van der Waals surface area contributed by atoms with Gasteiger partial charge in [-0.25, -0.2) is 0 Å². The third-order valence-corrected chi connectivity index (χ3v) is 5.44. The maximum absolute atomic E-state index is 11.7. The maximum Gasteiger partial charge on any atom is 0.297 e. The van der Waals surface area contributed by atoms with Crippen LogP contribution in [-0.4, -0.2) is 92.7 Å². The largest absolute Gasteiger partial charge is 0.394 e. The molecule has 21 heteroatoms. The van der Waals surface area contributed by atoms with E-state index in [9.17, 15) is 8.42 Å². The first-order chi connectivity index (χ1) is 21.8. The van der Waals surface area contributed by atoms with E-state index in [1.54, 1.807) is 18.2 Å². The van der Waals surface area contributed by atoms with Crippen molar-refractivity contribution < 1.29 is 36.7 Å². The molecule has 0 unspecified atom stereocenters. The summed E-state index contributed by atoms with van der Waals surface area (Å²) in [5.74, 6) is 0. The van der Waals surface area contributed by atoms with Gasteiger partial charge in [0.15, 0.2) is 0 Å². The standard InChI is InChI=1S/C13H18O4S.C8H15N3O2.C4H9N3O2.S3.S2.H2S/c1-3-4-9-16-10-11-17-18(14,15)13-7-5-12(2)6-8-13;1-2-3-5-12-7-8-13-6-4-10-11-9;5-7-6-1-3-9-4-2-8;1-3-2;1-2;/h3,5-8H,1,4,9-11H2,2H3;2H,1,3-8H2;8H,1-4H2;;;1H2. The van der Waals surface area contributed by atoms with E-state index in [1.807, 2.05) is 13.0 Å². The van der Waals surface area contributed by atoms with Crippen LogP contribution in [0.15, 0.2) is 64.7 Å². The zero-order chi connectivity index (χ0) is 34.9. The molecule has 0 aromatic heterocycles. The van der Waals surface area contributed by atoms with Gasteiger partial charge in [-0.1, -0.05) is 40.1 Å². The molecule has 0 spiro atoms. The molecular weight excluding hydrogens is 737 g/mol. The monoisotopic (exact) mass is 780 g/mol. The minimum atomic E-state index is -3.67. The molecule has 14 nitrogen and oxygen atoms in total. The van der Waals surface area contributed by atoms with Crippen molar-refractivity contribution in [2.24, 2.45) is 10.2 Å². The molecule has 0 heterocycles. The average Bonchev–Trinajstić information content (AvgIpc) is 3.04. The van der Waals surface area contributed by atoms with Gasteiger partial charge in [0.2, 0.25) is 0 Å². The molecule has 0 saturated carbocycles. The molecule has 0 radical (unpaired) electrons. The molecule has 1 aromatic carbocycles. The van der Waals surface area contributed by atoms with Crippen LogP contribution in [0, 0.1) is 6.92 Å². The fraction of sp³-hybridized carbons (Fsp3) is 0.600.